The van der Waals surface area contributed by atoms with E-state index in [0.717, 1.165) is 15.1 Å². The first-order chi connectivity index (χ1) is 13.0. The number of benzene rings is 1. The second-order valence-electron chi connectivity index (χ2n) is 6.25. The molecule has 0 fully saturated rings. The molecule has 0 aliphatic rings. The standard InChI is InChI=1S/C20H21FN2O3S/c1-13-17(19(24)22-9-3-11-26-2)18-16(27-13)8-10-23(20(18)25)12-14-4-6-15(21)7-5-14/h4-8,10H,3,9,11-12H2,1-2H3,(H,22,24). The fourth-order valence-electron chi connectivity index (χ4n) is 2.96. The highest BCUT2D eigenvalue weighted by atomic mass is 32.1. The fraction of sp³-hybridized carbons (Fsp3) is 0.300. The van der Waals surface area contributed by atoms with Gasteiger partial charge in [0.05, 0.1) is 17.5 Å². The van der Waals surface area contributed by atoms with Gasteiger partial charge in [-0.1, -0.05) is 12.1 Å². The van der Waals surface area contributed by atoms with Crippen LogP contribution in [0.2, 0.25) is 0 Å². The highest BCUT2D eigenvalue weighted by molar-refractivity contribution is 7.19. The van der Waals surface area contributed by atoms with Crippen LogP contribution in [0.25, 0.3) is 10.1 Å². The van der Waals surface area contributed by atoms with Crippen LogP contribution in [-0.4, -0.2) is 30.7 Å². The van der Waals surface area contributed by atoms with Crippen LogP contribution in [0.3, 0.4) is 0 Å². The summed E-state index contributed by atoms with van der Waals surface area (Å²) >= 11 is 1.43. The second-order valence-corrected chi connectivity index (χ2v) is 7.51. The molecular formula is C20H21FN2O3S. The lowest BCUT2D eigenvalue weighted by molar-refractivity contribution is 0.0950. The Kier molecular flexibility index (Phi) is 6.03. The van der Waals surface area contributed by atoms with Gasteiger partial charge in [0.1, 0.15) is 5.82 Å². The van der Waals surface area contributed by atoms with Crippen molar-refractivity contribution in [3.63, 3.8) is 0 Å². The zero-order valence-corrected chi connectivity index (χ0v) is 16.1. The smallest absolute Gasteiger partial charge is 0.260 e. The number of fused-ring (bicyclic) bond motifs is 1. The highest BCUT2D eigenvalue weighted by Gasteiger charge is 2.20. The Bertz CT molecular complexity index is 1010. The quantitative estimate of drug-likeness (QED) is 0.632. The minimum Gasteiger partial charge on any atom is -0.385 e. The maximum absolute atomic E-state index is 13.1. The number of thiophene rings is 1. The highest BCUT2D eigenvalue weighted by Crippen LogP contribution is 2.28. The number of rotatable bonds is 7. The molecular weight excluding hydrogens is 367 g/mol. The molecule has 0 radical (unpaired) electrons. The van der Waals surface area contributed by atoms with Crippen LogP contribution in [0, 0.1) is 12.7 Å². The molecule has 5 nitrogen and oxygen atoms in total. The van der Waals surface area contributed by atoms with Gasteiger partial charge in [0, 0.05) is 36.0 Å². The molecule has 2 aromatic heterocycles. The van der Waals surface area contributed by atoms with E-state index >= 15 is 0 Å². The second kappa shape index (κ2) is 8.45. The first-order valence-corrected chi connectivity index (χ1v) is 9.47. The van der Waals surface area contributed by atoms with Gasteiger partial charge in [-0.15, -0.1) is 11.3 Å². The summed E-state index contributed by atoms with van der Waals surface area (Å²) in [6.07, 6.45) is 2.42. The number of amides is 1. The first-order valence-electron chi connectivity index (χ1n) is 8.65. The van der Waals surface area contributed by atoms with Gasteiger partial charge < -0.3 is 14.6 Å². The molecule has 0 spiro atoms. The van der Waals surface area contributed by atoms with Gasteiger partial charge in [-0.3, -0.25) is 9.59 Å². The average Bonchev–Trinajstić information content (AvgIpc) is 2.99. The number of hydrogen-bond donors (Lipinski definition) is 1. The molecule has 0 aliphatic heterocycles. The normalized spacial score (nSPS) is 11.1. The van der Waals surface area contributed by atoms with Crippen molar-refractivity contribution < 1.29 is 13.9 Å². The zero-order valence-electron chi connectivity index (χ0n) is 15.3. The van der Waals surface area contributed by atoms with Gasteiger partial charge in [-0.2, -0.15) is 0 Å². The third-order valence-electron chi connectivity index (χ3n) is 4.30. The fourth-order valence-corrected chi connectivity index (χ4v) is 4.00. The maximum atomic E-state index is 13.1. The Labute approximate surface area is 160 Å². The van der Waals surface area contributed by atoms with Gasteiger partial charge >= 0.3 is 0 Å². The largest absolute Gasteiger partial charge is 0.385 e. The van der Waals surface area contributed by atoms with E-state index in [-0.39, 0.29) is 17.3 Å². The van der Waals surface area contributed by atoms with E-state index in [4.69, 9.17) is 4.74 Å². The predicted octanol–water partition coefficient (Wildman–Crippen LogP) is 3.33. The Morgan fingerprint density at radius 3 is 2.70 bits per heavy atom. The minimum atomic E-state index is -0.317. The molecule has 1 amide bonds. The molecule has 0 saturated carbocycles. The summed E-state index contributed by atoms with van der Waals surface area (Å²) in [7, 11) is 1.61. The molecule has 0 saturated heterocycles. The number of nitrogens with zero attached hydrogens (tertiary/aromatic N) is 1. The van der Waals surface area contributed by atoms with Crippen LogP contribution >= 0.6 is 11.3 Å². The van der Waals surface area contributed by atoms with E-state index in [1.54, 1.807) is 30.0 Å². The summed E-state index contributed by atoms with van der Waals surface area (Å²) in [5, 5.41) is 3.29. The van der Waals surface area contributed by atoms with Crippen LogP contribution in [-0.2, 0) is 11.3 Å². The summed E-state index contributed by atoms with van der Waals surface area (Å²) < 4.78 is 20.4. The van der Waals surface area contributed by atoms with Gasteiger partial charge in [0.15, 0.2) is 0 Å². The number of carbonyl (C=O) groups is 1. The molecule has 0 aliphatic carbocycles. The maximum Gasteiger partial charge on any atom is 0.260 e. The number of nitrogens with one attached hydrogen (secondary N) is 1. The van der Waals surface area contributed by atoms with Crippen molar-refractivity contribution in [2.75, 3.05) is 20.3 Å². The van der Waals surface area contributed by atoms with Crippen LogP contribution in [0.4, 0.5) is 4.39 Å². The van der Waals surface area contributed by atoms with Crippen LogP contribution < -0.4 is 10.9 Å². The van der Waals surface area contributed by atoms with Gasteiger partial charge in [0.25, 0.3) is 11.5 Å². The van der Waals surface area contributed by atoms with E-state index in [1.165, 1.54) is 23.5 Å². The molecule has 2 heterocycles. The summed E-state index contributed by atoms with van der Waals surface area (Å²) in [4.78, 5) is 26.4. The van der Waals surface area contributed by atoms with E-state index in [0.29, 0.717) is 37.1 Å². The first kappa shape index (κ1) is 19.3. The molecule has 1 aromatic carbocycles. The van der Waals surface area contributed by atoms with Crippen molar-refractivity contribution in [1.29, 1.82) is 0 Å². The third kappa shape index (κ3) is 4.26. The topological polar surface area (TPSA) is 60.3 Å². The van der Waals surface area contributed by atoms with E-state index in [2.05, 4.69) is 5.32 Å². The van der Waals surface area contributed by atoms with Gasteiger partial charge in [-0.05, 0) is 37.1 Å². The molecule has 7 heteroatoms. The number of halogens is 1. The summed E-state index contributed by atoms with van der Waals surface area (Å²) in [6, 6.07) is 7.88. The summed E-state index contributed by atoms with van der Waals surface area (Å²) in [5.74, 6) is -0.561. The Balaban J connectivity index is 1.93. The molecule has 0 atom stereocenters. The lowest BCUT2D eigenvalue weighted by atomic mass is 10.1. The van der Waals surface area contributed by atoms with Crippen molar-refractivity contribution >= 4 is 27.3 Å². The number of hydrogen-bond acceptors (Lipinski definition) is 4. The monoisotopic (exact) mass is 388 g/mol. The van der Waals surface area contributed by atoms with Gasteiger partial charge in [-0.25, -0.2) is 4.39 Å². The van der Waals surface area contributed by atoms with Crippen molar-refractivity contribution in [3.05, 3.63) is 68.7 Å². The molecule has 0 unspecified atom stereocenters. The van der Waals surface area contributed by atoms with Crippen molar-refractivity contribution in [1.82, 2.24) is 9.88 Å². The number of aromatic nitrogens is 1. The molecule has 142 valence electrons. The minimum absolute atomic E-state index is 0.219. The number of carbonyl (C=O) groups excluding carboxylic acids is 1. The average molecular weight is 388 g/mol. The Morgan fingerprint density at radius 1 is 1.26 bits per heavy atom. The molecule has 1 N–H and O–H groups in total. The molecule has 0 bridgehead atoms. The number of methoxy groups -OCH3 is 1. The van der Waals surface area contributed by atoms with E-state index < -0.39 is 0 Å². The Hall–Kier alpha value is -2.51. The van der Waals surface area contributed by atoms with E-state index in [9.17, 15) is 14.0 Å². The van der Waals surface area contributed by atoms with Gasteiger partial charge in [0.2, 0.25) is 0 Å². The van der Waals surface area contributed by atoms with Crippen molar-refractivity contribution in [2.45, 2.75) is 19.9 Å². The lowest BCUT2D eigenvalue weighted by Crippen LogP contribution is -2.28. The number of pyridine rings is 1. The molecule has 3 rings (SSSR count). The SMILES string of the molecule is COCCCNC(=O)c1c(C)sc2ccn(Cc3ccc(F)cc3)c(=O)c12. The van der Waals surface area contributed by atoms with Crippen LogP contribution in [0.5, 0.6) is 0 Å². The zero-order chi connectivity index (χ0) is 19.4. The third-order valence-corrected chi connectivity index (χ3v) is 5.37. The number of ether oxygens (including phenoxy) is 1. The van der Waals surface area contributed by atoms with E-state index in [1.807, 2.05) is 13.0 Å². The summed E-state index contributed by atoms with van der Waals surface area (Å²) in [5.41, 5.74) is 1.03. The summed E-state index contributed by atoms with van der Waals surface area (Å²) in [6.45, 7) is 3.21. The predicted molar refractivity (Wildman–Crippen MR) is 105 cm³/mol. The van der Waals surface area contributed by atoms with Crippen molar-refractivity contribution in [3.8, 4) is 0 Å². The number of aryl methyl sites for hydroxylation is 1. The van der Waals surface area contributed by atoms with Crippen LogP contribution in [0.1, 0.15) is 27.2 Å². The molecule has 3 aromatic rings. The Morgan fingerprint density at radius 2 is 2.00 bits per heavy atom. The molecule has 27 heavy (non-hydrogen) atoms. The lowest BCUT2D eigenvalue weighted by Gasteiger charge is -2.08. The van der Waals surface area contributed by atoms with Crippen LogP contribution in [0.15, 0.2) is 41.3 Å². The van der Waals surface area contributed by atoms with Crippen molar-refractivity contribution in [2.24, 2.45) is 0 Å².